The van der Waals surface area contributed by atoms with E-state index in [0.717, 1.165) is 5.88 Å². The molecule has 4 nitrogen and oxygen atoms in total. The van der Waals surface area contributed by atoms with Gasteiger partial charge in [0, 0.05) is 5.88 Å². The van der Waals surface area contributed by atoms with Crippen LogP contribution < -0.4 is 0 Å². The predicted octanol–water partition coefficient (Wildman–Crippen LogP) is 4.69. The Kier molecular flexibility index (Phi) is 22.6. The summed E-state index contributed by atoms with van der Waals surface area (Å²) in [5, 5.41) is 7.49. The van der Waals surface area contributed by atoms with Gasteiger partial charge in [0.1, 0.15) is 13.2 Å². The molecule has 0 radical (unpaired) electrons. The van der Waals surface area contributed by atoms with Crippen LogP contribution in [0.4, 0.5) is 0 Å². The second kappa shape index (κ2) is 20.7. The summed E-state index contributed by atoms with van der Waals surface area (Å²) >= 11 is 8.94. The van der Waals surface area contributed by atoms with Gasteiger partial charge in [-0.25, -0.2) is 4.79 Å². The molecule has 6 heteroatoms. The molecule has 0 bridgehead atoms. The molecule has 0 aromatic carbocycles. The molecule has 22 heavy (non-hydrogen) atoms. The van der Waals surface area contributed by atoms with E-state index in [4.69, 9.17) is 16.7 Å². The molecule has 0 saturated carbocycles. The van der Waals surface area contributed by atoms with Gasteiger partial charge in [-0.15, -0.1) is 24.2 Å². The Morgan fingerprint density at radius 2 is 1.36 bits per heavy atom. The zero-order valence-corrected chi connectivity index (χ0v) is 15.3. The van der Waals surface area contributed by atoms with E-state index in [1.54, 1.807) is 0 Å². The van der Waals surface area contributed by atoms with Gasteiger partial charge in [0.15, 0.2) is 0 Å². The second-order valence-corrected chi connectivity index (χ2v) is 6.03. The number of alkyl halides is 1. The van der Waals surface area contributed by atoms with Crippen LogP contribution in [-0.2, 0) is 14.3 Å². The minimum Gasteiger partial charge on any atom is -0.480 e. The van der Waals surface area contributed by atoms with E-state index in [1.165, 1.54) is 64.2 Å². The first-order valence-electron chi connectivity index (χ1n) is 8.11. The van der Waals surface area contributed by atoms with Crippen molar-refractivity contribution in [2.45, 2.75) is 71.1 Å². The number of hydrogen-bond acceptors (Lipinski definition) is 3. The smallest absolute Gasteiger partial charge is 0.329 e. The van der Waals surface area contributed by atoms with Gasteiger partial charge in [-0.2, -0.15) is 0 Å². The monoisotopic (exact) mass is 354 g/mol. The lowest BCUT2D eigenvalue weighted by atomic mass is 10.1. The summed E-state index contributed by atoms with van der Waals surface area (Å²) in [4.78, 5) is 19.7. The second-order valence-electron chi connectivity index (χ2n) is 5.15. The molecule has 0 aromatic heterocycles. The zero-order chi connectivity index (χ0) is 17.1. The van der Waals surface area contributed by atoms with Gasteiger partial charge in [-0.3, -0.25) is 4.79 Å². The molecule has 0 rings (SSSR count). The summed E-state index contributed by atoms with van der Waals surface area (Å²) < 4.78 is 4.33. The molecule has 0 saturated heterocycles. The summed E-state index contributed by atoms with van der Waals surface area (Å²) in [7, 11) is 0. The number of unbranched alkanes of at least 4 members (excludes halogenated alkanes) is 9. The van der Waals surface area contributed by atoms with Crippen LogP contribution in [-0.4, -0.2) is 35.3 Å². The lowest BCUT2D eigenvalue weighted by Gasteiger charge is -2.00. The number of carbonyl (C=O) groups is 2. The molecule has 0 aromatic rings. The molecular formula is C16H31ClO4S. The Balaban J connectivity index is 0. The van der Waals surface area contributed by atoms with Gasteiger partial charge in [0.2, 0.25) is 5.12 Å². The minimum atomic E-state index is -1.09. The molecule has 0 aliphatic carbocycles. The number of carboxylic acid groups (broad SMARTS) is 1. The number of aliphatic carboxylic acids is 1. The fourth-order valence-corrected chi connectivity index (χ4v) is 2.09. The van der Waals surface area contributed by atoms with E-state index in [1.807, 2.05) is 0 Å². The summed E-state index contributed by atoms with van der Waals surface area (Å²) in [6, 6.07) is 0. The summed E-state index contributed by atoms with van der Waals surface area (Å²) in [6.45, 7) is 1.56. The van der Waals surface area contributed by atoms with Crippen LogP contribution in [0, 0.1) is 0 Å². The fourth-order valence-electron chi connectivity index (χ4n) is 1.81. The lowest BCUT2D eigenvalue weighted by Crippen LogP contribution is -2.10. The van der Waals surface area contributed by atoms with Crippen LogP contribution in [0.2, 0.25) is 0 Å². The summed E-state index contributed by atoms with van der Waals surface area (Å²) in [5.74, 6) is -0.249. The van der Waals surface area contributed by atoms with Crippen molar-refractivity contribution >= 4 is 35.3 Å². The molecule has 0 atom stereocenters. The maximum atomic E-state index is 9.97. The number of rotatable bonds is 14. The normalized spacial score (nSPS) is 9.95. The number of carbonyl (C=O) groups excluding carboxylic acids is 1. The number of ether oxygens (including phenoxy) is 1. The van der Waals surface area contributed by atoms with E-state index >= 15 is 0 Å². The van der Waals surface area contributed by atoms with Crippen molar-refractivity contribution in [2.75, 3.05) is 19.1 Å². The highest BCUT2D eigenvalue weighted by molar-refractivity contribution is 7.96. The Hall–Kier alpha value is -0.260. The topological polar surface area (TPSA) is 63.6 Å². The van der Waals surface area contributed by atoms with Crippen LogP contribution in [0.1, 0.15) is 71.1 Å². The first-order chi connectivity index (χ1) is 10.5. The number of thiol groups is 1. The number of halogens is 1. The molecular weight excluding hydrogens is 324 g/mol. The molecule has 132 valence electrons. The van der Waals surface area contributed by atoms with Crippen molar-refractivity contribution in [3.05, 3.63) is 0 Å². The fraction of sp³-hybridized carbons (Fsp3) is 0.875. The Morgan fingerprint density at radius 1 is 0.909 bits per heavy atom. The molecule has 0 amide bonds. The van der Waals surface area contributed by atoms with Gasteiger partial charge in [0.05, 0.1) is 0 Å². The first-order valence-corrected chi connectivity index (χ1v) is 9.10. The van der Waals surface area contributed by atoms with Crippen molar-refractivity contribution in [2.24, 2.45) is 0 Å². The van der Waals surface area contributed by atoms with E-state index in [2.05, 4.69) is 24.3 Å². The van der Waals surface area contributed by atoms with E-state index < -0.39 is 17.7 Å². The quantitative estimate of drug-likeness (QED) is 0.270. The van der Waals surface area contributed by atoms with Crippen molar-refractivity contribution < 1.29 is 19.4 Å². The van der Waals surface area contributed by atoms with Gasteiger partial charge in [0.25, 0.3) is 0 Å². The van der Waals surface area contributed by atoms with Crippen LogP contribution in [0.25, 0.3) is 0 Å². The SMILES string of the molecule is CCCCCCCCCCCCCl.O=C(O)COCC(=O)S. The van der Waals surface area contributed by atoms with Gasteiger partial charge < -0.3 is 9.84 Å². The molecule has 0 aliphatic rings. The molecule has 0 heterocycles. The van der Waals surface area contributed by atoms with E-state index in [0.29, 0.717) is 0 Å². The maximum Gasteiger partial charge on any atom is 0.329 e. The highest BCUT2D eigenvalue weighted by Gasteiger charge is 1.97. The van der Waals surface area contributed by atoms with Gasteiger partial charge in [-0.05, 0) is 6.42 Å². The Labute approximate surface area is 145 Å². The highest BCUT2D eigenvalue weighted by atomic mass is 35.5. The van der Waals surface area contributed by atoms with Gasteiger partial charge >= 0.3 is 5.97 Å². The summed E-state index contributed by atoms with van der Waals surface area (Å²) in [5.41, 5.74) is 0. The molecule has 0 spiro atoms. The van der Waals surface area contributed by atoms with Crippen LogP contribution in [0.5, 0.6) is 0 Å². The molecule has 0 fully saturated rings. The third kappa shape index (κ3) is 28.0. The largest absolute Gasteiger partial charge is 0.480 e. The number of hydrogen-bond donors (Lipinski definition) is 2. The van der Waals surface area contributed by atoms with Crippen LogP contribution in [0.15, 0.2) is 0 Å². The van der Waals surface area contributed by atoms with Crippen molar-refractivity contribution in [3.63, 3.8) is 0 Å². The van der Waals surface area contributed by atoms with Crippen molar-refractivity contribution in [1.29, 1.82) is 0 Å². The number of carboxylic acids is 1. The zero-order valence-electron chi connectivity index (χ0n) is 13.7. The lowest BCUT2D eigenvalue weighted by molar-refractivity contribution is -0.142. The maximum absolute atomic E-state index is 9.97. The van der Waals surface area contributed by atoms with Crippen LogP contribution >= 0.6 is 24.2 Å². The molecule has 1 N–H and O–H groups in total. The van der Waals surface area contributed by atoms with Crippen LogP contribution in [0.3, 0.4) is 0 Å². The van der Waals surface area contributed by atoms with Gasteiger partial charge in [-0.1, -0.05) is 64.7 Å². The predicted molar refractivity (Wildman–Crippen MR) is 95.0 cm³/mol. The molecule has 0 unspecified atom stereocenters. The standard InChI is InChI=1S/C12H25Cl.C4H6O4S/c1-2-3-4-5-6-7-8-9-10-11-12-13;5-3(6)1-8-2-4(7)9/h2-12H2,1H3;1-2H2,(H,5,6)(H,7,9). The third-order valence-electron chi connectivity index (χ3n) is 2.94. The van der Waals surface area contributed by atoms with Crippen molar-refractivity contribution in [3.8, 4) is 0 Å². The highest BCUT2D eigenvalue weighted by Crippen LogP contribution is 2.10. The Morgan fingerprint density at radius 3 is 1.73 bits per heavy atom. The minimum absolute atomic E-state index is 0.255. The molecule has 0 aliphatic heterocycles. The van der Waals surface area contributed by atoms with Crippen molar-refractivity contribution in [1.82, 2.24) is 0 Å². The third-order valence-corrected chi connectivity index (χ3v) is 3.33. The Bertz CT molecular complexity index is 239. The first kappa shape index (κ1) is 24.0. The van der Waals surface area contributed by atoms with E-state index in [-0.39, 0.29) is 6.61 Å². The summed E-state index contributed by atoms with van der Waals surface area (Å²) in [6.07, 6.45) is 13.9. The van der Waals surface area contributed by atoms with E-state index in [9.17, 15) is 9.59 Å². The average molecular weight is 355 g/mol. The average Bonchev–Trinajstić information content (AvgIpc) is 2.45.